The minimum absolute atomic E-state index is 0.239. The van der Waals surface area contributed by atoms with Gasteiger partial charge in [-0.3, -0.25) is 14.9 Å². The number of aromatic amines is 1. The number of H-pyrrole nitrogens is 1. The average Bonchev–Trinajstić information content (AvgIpc) is 3.23. The standard InChI is InChI=1S/C15H17N7O2/c1-15(2,3)10(19-13(23)9-4-6-16-7-5-9)14-20-12(22-24-14)11-17-8-18-21-11/h4-8,10H,1-3H3,(H,19,23)(H,17,18,21). The van der Waals surface area contributed by atoms with Gasteiger partial charge < -0.3 is 9.84 Å². The molecule has 124 valence electrons. The van der Waals surface area contributed by atoms with E-state index in [-0.39, 0.29) is 17.1 Å². The van der Waals surface area contributed by atoms with Crippen molar-refractivity contribution < 1.29 is 9.32 Å². The number of carbonyl (C=O) groups is 1. The molecule has 0 bridgehead atoms. The second kappa shape index (κ2) is 6.19. The smallest absolute Gasteiger partial charge is 0.252 e. The van der Waals surface area contributed by atoms with Gasteiger partial charge in [0.1, 0.15) is 12.4 Å². The fraction of sp³-hybridized carbons (Fsp3) is 0.333. The van der Waals surface area contributed by atoms with Crippen molar-refractivity contribution >= 4 is 5.91 Å². The molecule has 0 spiro atoms. The molecule has 2 N–H and O–H groups in total. The van der Waals surface area contributed by atoms with E-state index in [1.54, 1.807) is 24.5 Å². The molecule has 0 saturated carbocycles. The van der Waals surface area contributed by atoms with E-state index in [0.29, 0.717) is 17.3 Å². The van der Waals surface area contributed by atoms with Crippen molar-refractivity contribution in [1.82, 2.24) is 35.6 Å². The zero-order valence-electron chi connectivity index (χ0n) is 13.5. The third-order valence-corrected chi connectivity index (χ3v) is 3.40. The molecule has 0 aliphatic heterocycles. The van der Waals surface area contributed by atoms with Crippen LogP contribution in [0.5, 0.6) is 0 Å². The first kappa shape index (κ1) is 15.8. The van der Waals surface area contributed by atoms with Crippen LogP contribution >= 0.6 is 0 Å². The molecule has 1 atom stereocenters. The number of aromatic nitrogens is 6. The van der Waals surface area contributed by atoms with Gasteiger partial charge in [0.2, 0.25) is 11.7 Å². The zero-order chi connectivity index (χ0) is 17.2. The van der Waals surface area contributed by atoms with Crippen LogP contribution in [0.4, 0.5) is 0 Å². The van der Waals surface area contributed by atoms with Gasteiger partial charge in [0.25, 0.3) is 5.91 Å². The lowest BCUT2D eigenvalue weighted by atomic mass is 9.86. The molecule has 3 aromatic rings. The highest BCUT2D eigenvalue weighted by Crippen LogP contribution is 2.32. The van der Waals surface area contributed by atoms with E-state index < -0.39 is 6.04 Å². The molecule has 1 amide bonds. The van der Waals surface area contributed by atoms with Gasteiger partial charge in [0.15, 0.2) is 5.82 Å². The summed E-state index contributed by atoms with van der Waals surface area (Å²) in [7, 11) is 0. The predicted octanol–water partition coefficient (Wildman–Crippen LogP) is 1.77. The number of hydrogen-bond acceptors (Lipinski definition) is 7. The Balaban J connectivity index is 1.86. The van der Waals surface area contributed by atoms with Crippen LogP contribution in [-0.4, -0.2) is 36.2 Å². The van der Waals surface area contributed by atoms with Crippen LogP contribution in [0, 0.1) is 5.41 Å². The minimum Gasteiger partial charge on any atom is -0.340 e. The summed E-state index contributed by atoms with van der Waals surface area (Å²) < 4.78 is 5.34. The van der Waals surface area contributed by atoms with Gasteiger partial charge in [-0.05, 0) is 17.5 Å². The molecule has 0 fully saturated rings. The Morgan fingerprint density at radius 1 is 1.29 bits per heavy atom. The Morgan fingerprint density at radius 3 is 2.67 bits per heavy atom. The topological polar surface area (TPSA) is 122 Å². The van der Waals surface area contributed by atoms with Crippen LogP contribution in [0.15, 0.2) is 35.4 Å². The lowest BCUT2D eigenvalue weighted by molar-refractivity contribution is 0.0880. The second-order valence-corrected chi connectivity index (χ2v) is 6.30. The van der Waals surface area contributed by atoms with Gasteiger partial charge in [-0.15, -0.1) is 0 Å². The lowest BCUT2D eigenvalue weighted by Gasteiger charge is -2.28. The molecule has 3 aromatic heterocycles. The largest absolute Gasteiger partial charge is 0.340 e. The summed E-state index contributed by atoms with van der Waals surface area (Å²) in [5, 5.41) is 13.3. The number of hydrogen-bond donors (Lipinski definition) is 2. The van der Waals surface area contributed by atoms with Crippen molar-refractivity contribution in [1.29, 1.82) is 0 Å². The molecule has 9 heteroatoms. The zero-order valence-corrected chi connectivity index (χ0v) is 13.5. The number of amides is 1. The van der Waals surface area contributed by atoms with Crippen LogP contribution in [0.1, 0.15) is 43.1 Å². The van der Waals surface area contributed by atoms with Gasteiger partial charge in [-0.2, -0.15) is 10.1 Å². The van der Waals surface area contributed by atoms with Crippen molar-refractivity contribution in [3.8, 4) is 11.6 Å². The second-order valence-electron chi connectivity index (χ2n) is 6.30. The third kappa shape index (κ3) is 3.29. The van der Waals surface area contributed by atoms with E-state index in [1.165, 1.54) is 6.33 Å². The van der Waals surface area contributed by atoms with Crippen molar-refractivity contribution in [2.75, 3.05) is 0 Å². The van der Waals surface area contributed by atoms with Crippen LogP contribution < -0.4 is 5.32 Å². The highest BCUT2D eigenvalue weighted by atomic mass is 16.5. The molecule has 1 unspecified atom stereocenters. The van der Waals surface area contributed by atoms with E-state index in [2.05, 4.69) is 35.6 Å². The summed E-state index contributed by atoms with van der Waals surface area (Å²) in [5.74, 6) is 0.751. The highest BCUT2D eigenvalue weighted by Gasteiger charge is 2.33. The van der Waals surface area contributed by atoms with Gasteiger partial charge >= 0.3 is 0 Å². The third-order valence-electron chi connectivity index (χ3n) is 3.40. The Morgan fingerprint density at radius 2 is 2.04 bits per heavy atom. The Labute approximate surface area is 137 Å². The fourth-order valence-electron chi connectivity index (χ4n) is 2.13. The highest BCUT2D eigenvalue weighted by molar-refractivity contribution is 5.94. The maximum atomic E-state index is 12.5. The maximum absolute atomic E-state index is 12.5. The SMILES string of the molecule is CC(C)(C)C(NC(=O)c1ccncc1)c1nc(-c2ncn[nH]2)no1. The lowest BCUT2D eigenvalue weighted by Crippen LogP contribution is -2.36. The summed E-state index contributed by atoms with van der Waals surface area (Å²) in [4.78, 5) is 24.7. The van der Waals surface area contributed by atoms with Crippen molar-refractivity contribution in [3.05, 3.63) is 42.3 Å². The van der Waals surface area contributed by atoms with E-state index >= 15 is 0 Å². The number of nitrogens with one attached hydrogen (secondary N) is 2. The van der Waals surface area contributed by atoms with Crippen molar-refractivity contribution in [2.24, 2.45) is 5.41 Å². The van der Waals surface area contributed by atoms with Crippen LogP contribution in [0.25, 0.3) is 11.6 Å². The maximum Gasteiger partial charge on any atom is 0.252 e. The Hall–Kier alpha value is -3.10. The van der Waals surface area contributed by atoms with Crippen molar-refractivity contribution in [2.45, 2.75) is 26.8 Å². The average molecular weight is 327 g/mol. The molecule has 0 aromatic carbocycles. The Kier molecular flexibility index (Phi) is 4.07. The first-order valence-corrected chi connectivity index (χ1v) is 7.35. The number of carbonyl (C=O) groups excluding carboxylic acids is 1. The quantitative estimate of drug-likeness (QED) is 0.748. The molecule has 0 aliphatic rings. The molecule has 24 heavy (non-hydrogen) atoms. The normalized spacial score (nSPS) is 12.8. The molecule has 0 aliphatic carbocycles. The van der Waals surface area contributed by atoms with E-state index in [4.69, 9.17) is 4.52 Å². The number of pyridine rings is 1. The summed E-state index contributed by atoms with van der Waals surface area (Å²) in [6.45, 7) is 5.93. The summed E-state index contributed by atoms with van der Waals surface area (Å²) >= 11 is 0. The van der Waals surface area contributed by atoms with E-state index in [1.807, 2.05) is 20.8 Å². The molecular weight excluding hydrogens is 310 g/mol. The molecule has 3 heterocycles. The van der Waals surface area contributed by atoms with E-state index in [0.717, 1.165) is 0 Å². The van der Waals surface area contributed by atoms with Gasteiger partial charge in [-0.1, -0.05) is 25.9 Å². The Bertz CT molecular complexity index is 806. The fourth-order valence-corrected chi connectivity index (χ4v) is 2.13. The first-order chi connectivity index (χ1) is 11.4. The molecular formula is C15H17N7O2. The number of rotatable bonds is 4. The summed E-state index contributed by atoms with van der Waals surface area (Å²) in [5.41, 5.74) is 0.169. The predicted molar refractivity (Wildman–Crippen MR) is 83.6 cm³/mol. The van der Waals surface area contributed by atoms with Crippen LogP contribution in [0.2, 0.25) is 0 Å². The van der Waals surface area contributed by atoms with Gasteiger partial charge in [-0.25, -0.2) is 4.98 Å². The monoisotopic (exact) mass is 327 g/mol. The summed E-state index contributed by atoms with van der Waals surface area (Å²) in [6, 6.07) is 2.81. The molecule has 0 saturated heterocycles. The summed E-state index contributed by atoms with van der Waals surface area (Å²) in [6.07, 6.45) is 4.49. The minimum atomic E-state index is -0.470. The van der Waals surface area contributed by atoms with Crippen LogP contribution in [-0.2, 0) is 0 Å². The molecule has 9 nitrogen and oxygen atoms in total. The molecule has 3 rings (SSSR count). The van der Waals surface area contributed by atoms with Gasteiger partial charge in [0.05, 0.1) is 0 Å². The van der Waals surface area contributed by atoms with E-state index in [9.17, 15) is 4.79 Å². The van der Waals surface area contributed by atoms with Gasteiger partial charge in [0, 0.05) is 18.0 Å². The molecule has 0 radical (unpaired) electrons. The van der Waals surface area contributed by atoms with Crippen LogP contribution in [0.3, 0.4) is 0 Å². The first-order valence-electron chi connectivity index (χ1n) is 7.35. The van der Waals surface area contributed by atoms with Crippen molar-refractivity contribution in [3.63, 3.8) is 0 Å². The number of nitrogens with zero attached hydrogens (tertiary/aromatic N) is 5.